The van der Waals surface area contributed by atoms with Crippen LogP contribution in [0.4, 0.5) is 8.78 Å². The van der Waals surface area contributed by atoms with Crippen molar-refractivity contribution < 1.29 is 23.0 Å². The lowest BCUT2D eigenvalue weighted by atomic mass is 10.2. The number of halogens is 3. The maximum absolute atomic E-state index is 15.3. The summed E-state index contributed by atoms with van der Waals surface area (Å²) in [6, 6.07) is 10.4. The second-order valence-electron chi connectivity index (χ2n) is 9.24. The molecule has 0 amide bonds. The molecule has 12 heteroatoms. The molecular weight excluding hydrogens is 615 g/mol. The average Bonchev–Trinajstić information content (AvgIpc) is 3.19. The minimum atomic E-state index is -0.915. The van der Waals surface area contributed by atoms with Crippen LogP contribution in [0.15, 0.2) is 62.9 Å². The molecule has 0 unspecified atom stereocenters. The van der Waals surface area contributed by atoms with E-state index in [9.17, 15) is 18.8 Å². The normalized spacial score (nSPS) is 16.7. The Morgan fingerprint density at radius 1 is 1.11 bits per heavy atom. The number of benzene rings is 2. The van der Waals surface area contributed by atoms with Crippen molar-refractivity contribution in [3.8, 4) is 17.2 Å². The Hall–Kier alpha value is -3.36. The molecule has 1 aliphatic rings. The van der Waals surface area contributed by atoms with Gasteiger partial charge in [-0.2, -0.15) is 0 Å². The molecule has 1 fully saturated rings. The summed E-state index contributed by atoms with van der Waals surface area (Å²) in [5.41, 5.74) is -2.65. The highest BCUT2D eigenvalue weighted by molar-refractivity contribution is 14.1. The molecule has 1 saturated heterocycles. The predicted molar refractivity (Wildman–Crippen MR) is 143 cm³/mol. The first-order valence-electron chi connectivity index (χ1n) is 11.6. The maximum Gasteiger partial charge on any atom is 0.337 e. The van der Waals surface area contributed by atoms with Crippen LogP contribution in [0.5, 0.6) is 11.5 Å². The van der Waals surface area contributed by atoms with Gasteiger partial charge < -0.3 is 14.2 Å². The van der Waals surface area contributed by atoms with Gasteiger partial charge in [-0.15, -0.1) is 0 Å². The van der Waals surface area contributed by atoms with Gasteiger partial charge in [0.1, 0.15) is 40.3 Å². The predicted octanol–water partition coefficient (Wildman–Crippen LogP) is 3.68. The van der Waals surface area contributed by atoms with E-state index in [4.69, 9.17) is 14.2 Å². The number of pyridine rings is 1. The summed E-state index contributed by atoms with van der Waals surface area (Å²) in [7, 11) is 1.36. The van der Waals surface area contributed by atoms with Gasteiger partial charge in [0.15, 0.2) is 5.79 Å². The number of nitrogens with zero attached hydrogens (tertiary/aromatic N) is 3. The summed E-state index contributed by atoms with van der Waals surface area (Å²) in [6.07, 6.45) is -0.650. The van der Waals surface area contributed by atoms with Crippen LogP contribution in [0.25, 0.3) is 16.7 Å². The number of rotatable bonds is 5. The third kappa shape index (κ3) is 4.78. The third-order valence-corrected chi connectivity index (χ3v) is 6.76. The third-order valence-electron chi connectivity index (χ3n) is 6.09. The zero-order chi connectivity index (χ0) is 27.4. The highest BCUT2D eigenvalue weighted by Gasteiger charge is 2.34. The van der Waals surface area contributed by atoms with Crippen LogP contribution in [-0.4, -0.2) is 32.2 Å². The number of hydrogen-bond acceptors (Lipinski definition) is 6. The molecule has 5 rings (SSSR count). The quantitative estimate of drug-likeness (QED) is 0.310. The van der Waals surface area contributed by atoms with E-state index in [1.807, 2.05) is 22.6 Å². The van der Waals surface area contributed by atoms with Crippen molar-refractivity contribution in [3.05, 3.63) is 94.9 Å². The molecule has 9 nitrogen and oxygen atoms in total. The van der Waals surface area contributed by atoms with Crippen LogP contribution >= 0.6 is 22.6 Å². The highest BCUT2D eigenvalue weighted by atomic mass is 127. The van der Waals surface area contributed by atoms with Crippen molar-refractivity contribution in [1.82, 2.24) is 13.7 Å². The van der Waals surface area contributed by atoms with Crippen molar-refractivity contribution in [2.75, 3.05) is 6.61 Å². The molecule has 0 N–H and O–H groups in total. The molecule has 0 spiro atoms. The number of aryl methyl sites for hydroxylation is 1. The number of hydrogen-bond donors (Lipinski definition) is 0. The van der Waals surface area contributed by atoms with Gasteiger partial charge in [0.25, 0.3) is 11.1 Å². The number of fused-ring (bicyclic) bond motifs is 1. The zero-order valence-electron chi connectivity index (χ0n) is 20.5. The lowest BCUT2D eigenvalue weighted by molar-refractivity contribution is -0.139. The van der Waals surface area contributed by atoms with Gasteiger partial charge in [0.05, 0.1) is 18.8 Å². The Kier molecular flexibility index (Phi) is 6.73. The SMILES string of the molecule is Cn1c(=O)cc(Oc2cccc(F)c2)c2c(=O)n(C[C@@H]3COC(C)(C)O3)c(=O)n(-c3ccc(I)cc3F)c21. The van der Waals surface area contributed by atoms with Gasteiger partial charge in [0.2, 0.25) is 0 Å². The van der Waals surface area contributed by atoms with E-state index in [2.05, 4.69) is 0 Å². The topological polar surface area (TPSA) is 93.7 Å². The minimum absolute atomic E-state index is 0.0259. The van der Waals surface area contributed by atoms with E-state index in [-0.39, 0.29) is 41.4 Å². The summed E-state index contributed by atoms with van der Waals surface area (Å²) < 4.78 is 49.8. The van der Waals surface area contributed by atoms with Gasteiger partial charge >= 0.3 is 5.69 Å². The van der Waals surface area contributed by atoms with Crippen LogP contribution in [-0.2, 0) is 23.1 Å². The fraction of sp³-hybridized carbons (Fsp3) is 0.269. The molecule has 0 bridgehead atoms. The molecule has 0 saturated carbocycles. The van der Waals surface area contributed by atoms with Gasteiger partial charge in [-0.05, 0) is 66.8 Å². The summed E-state index contributed by atoms with van der Waals surface area (Å²) in [5, 5.41) is -0.174. The number of ether oxygens (including phenoxy) is 3. The van der Waals surface area contributed by atoms with Gasteiger partial charge in [0, 0.05) is 22.8 Å². The molecule has 0 aliphatic carbocycles. The molecule has 1 atom stereocenters. The first-order chi connectivity index (χ1) is 17.9. The van der Waals surface area contributed by atoms with E-state index in [1.165, 1.54) is 37.4 Å². The Labute approximate surface area is 227 Å². The molecule has 2 aromatic heterocycles. The van der Waals surface area contributed by atoms with Crippen molar-refractivity contribution in [1.29, 1.82) is 0 Å². The fourth-order valence-corrected chi connectivity index (χ4v) is 4.85. The van der Waals surface area contributed by atoms with E-state index < -0.39 is 40.3 Å². The molecule has 1 aliphatic heterocycles. The lowest BCUT2D eigenvalue weighted by Gasteiger charge is -2.20. The van der Waals surface area contributed by atoms with Crippen molar-refractivity contribution in [3.63, 3.8) is 0 Å². The Morgan fingerprint density at radius 3 is 2.53 bits per heavy atom. The first-order valence-corrected chi connectivity index (χ1v) is 12.6. The molecule has 4 aromatic rings. The van der Waals surface area contributed by atoms with Crippen molar-refractivity contribution in [2.45, 2.75) is 32.3 Å². The summed E-state index contributed by atoms with van der Waals surface area (Å²) in [5.74, 6) is -2.43. The Bertz CT molecular complexity index is 1760. The van der Waals surface area contributed by atoms with E-state index >= 15 is 4.39 Å². The van der Waals surface area contributed by atoms with E-state index in [1.54, 1.807) is 19.9 Å². The molecule has 3 heterocycles. The number of aromatic nitrogens is 3. The van der Waals surface area contributed by atoms with Crippen LogP contribution in [0.3, 0.4) is 0 Å². The van der Waals surface area contributed by atoms with Crippen molar-refractivity contribution in [2.24, 2.45) is 7.05 Å². The fourth-order valence-electron chi connectivity index (χ4n) is 4.39. The average molecular weight is 637 g/mol. The minimum Gasteiger partial charge on any atom is -0.456 e. The van der Waals surface area contributed by atoms with Crippen LogP contribution in [0.2, 0.25) is 0 Å². The molecule has 2 aromatic carbocycles. The van der Waals surface area contributed by atoms with Gasteiger partial charge in [-0.25, -0.2) is 18.1 Å². The Morgan fingerprint density at radius 2 is 1.87 bits per heavy atom. The van der Waals surface area contributed by atoms with Crippen LogP contribution in [0, 0.1) is 15.2 Å². The maximum atomic E-state index is 15.3. The second-order valence-corrected chi connectivity index (χ2v) is 10.5. The monoisotopic (exact) mass is 637 g/mol. The Balaban J connectivity index is 1.85. The lowest BCUT2D eigenvalue weighted by Crippen LogP contribution is -2.44. The second kappa shape index (κ2) is 9.75. The summed E-state index contributed by atoms with van der Waals surface area (Å²) in [6.45, 7) is 3.33. The smallest absolute Gasteiger partial charge is 0.337 e. The molecule has 0 radical (unpaired) electrons. The largest absolute Gasteiger partial charge is 0.456 e. The van der Waals surface area contributed by atoms with Gasteiger partial charge in [-0.3, -0.25) is 18.7 Å². The van der Waals surface area contributed by atoms with Crippen LogP contribution < -0.4 is 21.5 Å². The highest BCUT2D eigenvalue weighted by Crippen LogP contribution is 2.28. The molecule has 38 heavy (non-hydrogen) atoms. The first kappa shape index (κ1) is 26.3. The van der Waals surface area contributed by atoms with Gasteiger partial charge in [-0.1, -0.05) is 6.07 Å². The zero-order valence-corrected chi connectivity index (χ0v) is 22.7. The molecule has 198 valence electrons. The molecular formula is C26H22F2IN3O6. The standard InChI is InChI=1S/C26H22F2IN3O6/c1-26(2)36-13-17(38-26)12-31-24(34)22-20(37-16-6-4-5-14(27)9-16)11-21(33)30(3)23(22)32(25(31)35)19-8-7-15(29)10-18(19)28/h4-11,17H,12-13H2,1-3H3/t17-/m1/s1. The van der Waals surface area contributed by atoms with E-state index in [0.29, 0.717) is 3.57 Å². The van der Waals surface area contributed by atoms with Crippen LogP contribution in [0.1, 0.15) is 13.8 Å². The van der Waals surface area contributed by atoms with Crippen molar-refractivity contribution >= 4 is 33.6 Å². The van der Waals surface area contributed by atoms with E-state index in [0.717, 1.165) is 25.8 Å². The summed E-state index contributed by atoms with van der Waals surface area (Å²) in [4.78, 5) is 40.6. The summed E-state index contributed by atoms with van der Waals surface area (Å²) >= 11 is 1.93.